The van der Waals surface area contributed by atoms with E-state index in [1.165, 1.54) is 17.4 Å². The van der Waals surface area contributed by atoms with E-state index in [9.17, 15) is 9.90 Å². The van der Waals surface area contributed by atoms with E-state index >= 15 is 0 Å². The van der Waals surface area contributed by atoms with Crippen molar-refractivity contribution >= 4 is 17.1 Å². The number of aromatic nitrogens is 1. The number of benzene rings is 1. The van der Waals surface area contributed by atoms with Gasteiger partial charge in [-0.05, 0) is 31.5 Å². The van der Waals surface area contributed by atoms with Crippen LogP contribution >= 0.6 is 11.3 Å². The Balaban J connectivity index is 1.84. The fourth-order valence-electron chi connectivity index (χ4n) is 2.24. The van der Waals surface area contributed by atoms with E-state index in [1.807, 2.05) is 0 Å². The number of nitrogens with zero attached hydrogens (tertiary/aromatic N) is 1. The number of carbonyl (C=O) groups is 1. The number of nitrogens with one attached hydrogen (secondary N) is 1. The first-order chi connectivity index (χ1) is 9.24. The molecule has 4 nitrogen and oxygen atoms in total. The molecule has 0 amide bonds. The van der Waals surface area contributed by atoms with Crippen LogP contribution in [0, 0.1) is 0 Å². The number of rotatable bonds is 3. The molecule has 1 saturated heterocycles. The molecule has 2 aromatic rings. The van der Waals surface area contributed by atoms with Crippen molar-refractivity contribution in [3.8, 4) is 5.75 Å². The maximum Gasteiger partial charge on any atom is 0.212 e. The molecule has 1 fully saturated rings. The fourth-order valence-corrected chi connectivity index (χ4v) is 3.15. The number of aromatic hydroxyl groups is 1. The molecule has 1 aromatic carbocycles. The lowest BCUT2D eigenvalue weighted by molar-refractivity contribution is 0.103. The second kappa shape index (κ2) is 5.11. The van der Waals surface area contributed by atoms with Crippen LogP contribution in [0.1, 0.15) is 39.9 Å². The normalized spacial score (nSPS) is 18.6. The third-order valence-electron chi connectivity index (χ3n) is 3.22. The molecule has 3 rings (SSSR count). The van der Waals surface area contributed by atoms with Crippen LogP contribution in [0.25, 0.3) is 0 Å². The average Bonchev–Trinajstić information content (AvgIpc) is 3.08. The summed E-state index contributed by atoms with van der Waals surface area (Å²) < 4.78 is 0. The van der Waals surface area contributed by atoms with E-state index in [-0.39, 0.29) is 17.6 Å². The summed E-state index contributed by atoms with van der Waals surface area (Å²) in [5, 5.41) is 15.5. The van der Waals surface area contributed by atoms with Gasteiger partial charge < -0.3 is 10.4 Å². The minimum atomic E-state index is -0.142. The van der Waals surface area contributed by atoms with Gasteiger partial charge >= 0.3 is 0 Å². The molecule has 98 valence electrons. The lowest BCUT2D eigenvalue weighted by atomic mass is 10.1. The van der Waals surface area contributed by atoms with Crippen molar-refractivity contribution in [2.24, 2.45) is 0 Å². The summed E-state index contributed by atoms with van der Waals surface area (Å²) >= 11 is 1.52. The van der Waals surface area contributed by atoms with Gasteiger partial charge in [-0.2, -0.15) is 0 Å². The van der Waals surface area contributed by atoms with Crippen molar-refractivity contribution in [1.29, 1.82) is 0 Å². The maximum absolute atomic E-state index is 12.2. The number of ketones is 1. The largest absolute Gasteiger partial charge is 0.508 e. The van der Waals surface area contributed by atoms with Gasteiger partial charge in [-0.1, -0.05) is 12.1 Å². The molecule has 1 aliphatic heterocycles. The molecule has 19 heavy (non-hydrogen) atoms. The van der Waals surface area contributed by atoms with Crippen molar-refractivity contribution in [1.82, 2.24) is 10.3 Å². The first-order valence-corrected chi connectivity index (χ1v) is 7.14. The molecule has 0 aliphatic carbocycles. The van der Waals surface area contributed by atoms with E-state index < -0.39 is 0 Å². The Morgan fingerprint density at radius 2 is 2.37 bits per heavy atom. The number of carbonyl (C=O) groups excluding carboxylic acids is 1. The van der Waals surface area contributed by atoms with Gasteiger partial charge in [0.2, 0.25) is 5.78 Å². The van der Waals surface area contributed by atoms with E-state index in [4.69, 9.17) is 0 Å². The number of phenols is 1. The molecule has 0 radical (unpaired) electrons. The summed E-state index contributed by atoms with van der Waals surface area (Å²) in [4.78, 5) is 16.7. The Morgan fingerprint density at radius 1 is 1.47 bits per heavy atom. The van der Waals surface area contributed by atoms with E-state index in [1.54, 1.807) is 23.6 Å². The molecule has 2 heterocycles. The summed E-state index contributed by atoms with van der Waals surface area (Å²) in [7, 11) is 0. The summed E-state index contributed by atoms with van der Waals surface area (Å²) in [5.41, 5.74) is 0.926. The smallest absolute Gasteiger partial charge is 0.212 e. The van der Waals surface area contributed by atoms with Crippen LogP contribution in [-0.4, -0.2) is 22.4 Å². The fraction of sp³-hybridized carbons (Fsp3) is 0.286. The molecule has 2 N–H and O–H groups in total. The highest BCUT2D eigenvalue weighted by atomic mass is 32.1. The Labute approximate surface area is 115 Å². The number of phenolic OH excluding ortho intramolecular Hbond substituents is 1. The van der Waals surface area contributed by atoms with Crippen molar-refractivity contribution < 1.29 is 9.90 Å². The molecular formula is C14H14N2O2S. The minimum Gasteiger partial charge on any atom is -0.508 e. The highest BCUT2D eigenvalue weighted by Gasteiger charge is 2.21. The molecule has 0 saturated carbocycles. The first kappa shape index (κ1) is 12.3. The van der Waals surface area contributed by atoms with Crippen LogP contribution in [0.2, 0.25) is 0 Å². The predicted octanol–water partition coefficient (Wildman–Crippen LogP) is 2.50. The maximum atomic E-state index is 12.2. The van der Waals surface area contributed by atoms with Crippen LogP contribution in [0.15, 0.2) is 29.6 Å². The summed E-state index contributed by atoms with van der Waals surface area (Å²) in [5.74, 6) is -0.0461. The quantitative estimate of drug-likeness (QED) is 0.844. The zero-order valence-corrected chi connectivity index (χ0v) is 11.1. The summed E-state index contributed by atoms with van der Waals surface area (Å²) in [6, 6.07) is 6.65. The highest BCUT2D eigenvalue weighted by Crippen LogP contribution is 2.26. The van der Waals surface area contributed by atoms with Crippen molar-refractivity contribution in [3.63, 3.8) is 0 Å². The third kappa shape index (κ3) is 2.52. The molecule has 1 aromatic heterocycles. The lowest BCUT2D eigenvalue weighted by Gasteiger charge is -2.04. The van der Waals surface area contributed by atoms with E-state index in [2.05, 4.69) is 10.3 Å². The average molecular weight is 274 g/mol. The Bertz CT molecular complexity index is 603. The first-order valence-electron chi connectivity index (χ1n) is 6.26. The van der Waals surface area contributed by atoms with Crippen molar-refractivity contribution in [3.05, 3.63) is 45.9 Å². The molecule has 0 spiro atoms. The van der Waals surface area contributed by atoms with Gasteiger partial charge in [0.25, 0.3) is 0 Å². The van der Waals surface area contributed by atoms with Crippen molar-refractivity contribution in [2.45, 2.75) is 18.9 Å². The second-order valence-corrected chi connectivity index (χ2v) is 5.49. The van der Waals surface area contributed by atoms with Gasteiger partial charge in [-0.3, -0.25) is 4.79 Å². The van der Waals surface area contributed by atoms with Crippen LogP contribution < -0.4 is 5.32 Å². The molecule has 1 unspecified atom stereocenters. The Hall–Kier alpha value is -1.72. The Morgan fingerprint density at radius 3 is 3.11 bits per heavy atom. The highest BCUT2D eigenvalue weighted by molar-refractivity contribution is 7.10. The van der Waals surface area contributed by atoms with Gasteiger partial charge in [0.05, 0.1) is 6.04 Å². The minimum absolute atomic E-state index is 0.0961. The van der Waals surface area contributed by atoms with Crippen LogP contribution in [0.3, 0.4) is 0 Å². The molecule has 0 bridgehead atoms. The number of thiazole rings is 1. The van der Waals surface area contributed by atoms with Gasteiger partial charge in [0, 0.05) is 10.9 Å². The SMILES string of the molecule is O=C(c1cccc(O)c1)c1csc(C2CCCN2)n1. The third-order valence-corrected chi connectivity index (χ3v) is 4.18. The van der Waals surface area contributed by atoms with Crippen LogP contribution in [-0.2, 0) is 0 Å². The number of hydrogen-bond acceptors (Lipinski definition) is 5. The molecule has 1 aliphatic rings. The number of hydrogen-bond donors (Lipinski definition) is 2. The molecule has 1 atom stereocenters. The molecular weight excluding hydrogens is 260 g/mol. The molecule has 5 heteroatoms. The van der Waals surface area contributed by atoms with E-state index in [0.717, 1.165) is 24.4 Å². The van der Waals surface area contributed by atoms with Gasteiger partial charge in [-0.25, -0.2) is 4.98 Å². The zero-order valence-electron chi connectivity index (χ0n) is 10.3. The Kier molecular flexibility index (Phi) is 3.31. The van der Waals surface area contributed by atoms with Gasteiger partial charge in [0.1, 0.15) is 16.5 Å². The zero-order chi connectivity index (χ0) is 13.2. The summed E-state index contributed by atoms with van der Waals surface area (Å²) in [6.45, 7) is 1.01. The topological polar surface area (TPSA) is 62.2 Å². The van der Waals surface area contributed by atoms with E-state index in [0.29, 0.717) is 11.3 Å². The van der Waals surface area contributed by atoms with Crippen LogP contribution in [0.5, 0.6) is 5.75 Å². The second-order valence-electron chi connectivity index (χ2n) is 4.60. The van der Waals surface area contributed by atoms with Crippen molar-refractivity contribution in [2.75, 3.05) is 6.54 Å². The van der Waals surface area contributed by atoms with Crippen LogP contribution in [0.4, 0.5) is 0 Å². The standard InChI is InChI=1S/C14H14N2O2S/c17-10-4-1-3-9(7-10)13(18)12-8-19-14(16-12)11-5-2-6-15-11/h1,3-4,7-8,11,15,17H,2,5-6H2. The van der Waals surface area contributed by atoms with Gasteiger partial charge in [-0.15, -0.1) is 11.3 Å². The monoisotopic (exact) mass is 274 g/mol. The predicted molar refractivity (Wildman–Crippen MR) is 73.6 cm³/mol. The summed E-state index contributed by atoms with van der Waals surface area (Å²) in [6.07, 6.45) is 2.23. The van der Waals surface area contributed by atoms with Gasteiger partial charge in [0.15, 0.2) is 0 Å². The lowest BCUT2D eigenvalue weighted by Crippen LogP contribution is -2.13.